The van der Waals surface area contributed by atoms with E-state index in [-0.39, 0.29) is 17.4 Å². The molecule has 9 heteroatoms. The molecule has 2 N–H and O–H groups in total. The predicted octanol–water partition coefficient (Wildman–Crippen LogP) is 2.40. The number of amides is 2. The normalized spacial score (nSPS) is 12.5. The van der Waals surface area contributed by atoms with Gasteiger partial charge in [-0.1, -0.05) is 38.1 Å². The molecule has 0 aliphatic rings. The molecule has 8 nitrogen and oxygen atoms in total. The Morgan fingerprint density at radius 2 is 1.71 bits per heavy atom. The van der Waals surface area contributed by atoms with Gasteiger partial charge in [0.1, 0.15) is 11.8 Å². The third kappa shape index (κ3) is 6.53. The lowest BCUT2D eigenvalue weighted by Gasteiger charge is -2.22. The first-order valence-electron chi connectivity index (χ1n) is 9.83. The van der Waals surface area contributed by atoms with E-state index in [4.69, 9.17) is 4.74 Å². The van der Waals surface area contributed by atoms with Crippen LogP contribution in [0.25, 0.3) is 0 Å². The highest BCUT2D eigenvalue weighted by Crippen LogP contribution is 2.23. The van der Waals surface area contributed by atoms with Gasteiger partial charge in [0.2, 0.25) is 15.9 Å². The summed E-state index contributed by atoms with van der Waals surface area (Å²) in [7, 11) is -0.767. The van der Waals surface area contributed by atoms with Gasteiger partial charge in [-0.3, -0.25) is 9.59 Å². The zero-order valence-corrected chi connectivity index (χ0v) is 19.2. The van der Waals surface area contributed by atoms with Crippen LogP contribution in [0.1, 0.15) is 19.4 Å². The number of hydrogen-bond donors (Lipinski definition) is 2. The number of carbonyl (C=O) groups excluding carboxylic acids is 2. The average molecular weight is 448 g/mol. The molecule has 0 fully saturated rings. The minimum absolute atomic E-state index is 0.108. The number of nitrogens with one attached hydrogen (secondary N) is 2. The molecule has 2 amide bonds. The first kappa shape index (κ1) is 24.4. The topological polar surface area (TPSA) is 105 Å². The number of nitrogens with zero attached hydrogens (tertiary/aromatic N) is 1. The molecule has 0 aliphatic carbocycles. The zero-order valence-electron chi connectivity index (χ0n) is 18.4. The number of para-hydroxylation sites is 1. The van der Waals surface area contributed by atoms with Crippen molar-refractivity contribution in [2.75, 3.05) is 26.0 Å². The Morgan fingerprint density at radius 3 is 2.29 bits per heavy atom. The number of sulfonamides is 1. The van der Waals surface area contributed by atoms with Crippen LogP contribution in [0, 0.1) is 12.8 Å². The van der Waals surface area contributed by atoms with E-state index in [9.17, 15) is 18.0 Å². The number of aryl methyl sites for hydroxylation is 1. The molecular weight excluding hydrogens is 418 g/mol. The van der Waals surface area contributed by atoms with E-state index in [0.29, 0.717) is 17.0 Å². The summed E-state index contributed by atoms with van der Waals surface area (Å²) in [6.45, 7) is 5.07. The fraction of sp³-hybridized carbons (Fsp3) is 0.364. The summed E-state index contributed by atoms with van der Waals surface area (Å²) in [4.78, 5) is 25.2. The molecule has 0 saturated heterocycles. The van der Waals surface area contributed by atoms with Crippen LogP contribution >= 0.6 is 0 Å². The molecular formula is C22H29N3O5S. The lowest BCUT2D eigenvalue weighted by atomic mass is 10.0. The summed E-state index contributed by atoms with van der Waals surface area (Å²) >= 11 is 0. The largest absolute Gasteiger partial charge is 0.484 e. The number of anilines is 1. The molecule has 0 spiro atoms. The minimum atomic E-state index is -3.66. The van der Waals surface area contributed by atoms with Crippen molar-refractivity contribution in [3.05, 3.63) is 54.1 Å². The molecule has 2 aromatic carbocycles. The van der Waals surface area contributed by atoms with Crippen molar-refractivity contribution in [1.29, 1.82) is 0 Å². The molecule has 31 heavy (non-hydrogen) atoms. The monoisotopic (exact) mass is 447 g/mol. The molecule has 0 aliphatic heterocycles. The van der Waals surface area contributed by atoms with Crippen molar-refractivity contribution in [3.63, 3.8) is 0 Å². The maximum atomic E-state index is 12.8. The van der Waals surface area contributed by atoms with Crippen molar-refractivity contribution < 1.29 is 22.7 Å². The van der Waals surface area contributed by atoms with Gasteiger partial charge in [0, 0.05) is 19.8 Å². The Bertz CT molecular complexity index is 1020. The number of hydrogen-bond acceptors (Lipinski definition) is 5. The number of carbonyl (C=O) groups is 2. The first-order chi connectivity index (χ1) is 14.5. The van der Waals surface area contributed by atoms with Crippen LogP contribution in [0.3, 0.4) is 0 Å². The van der Waals surface area contributed by atoms with Crippen LogP contribution in [0.15, 0.2) is 53.4 Å². The molecule has 168 valence electrons. The summed E-state index contributed by atoms with van der Waals surface area (Å²) in [5, 5.41) is 5.38. The predicted molar refractivity (Wildman–Crippen MR) is 119 cm³/mol. The molecule has 0 heterocycles. The highest BCUT2D eigenvalue weighted by molar-refractivity contribution is 7.89. The van der Waals surface area contributed by atoms with Crippen molar-refractivity contribution in [1.82, 2.24) is 9.62 Å². The van der Waals surface area contributed by atoms with Crippen LogP contribution in [-0.2, 0) is 19.6 Å². The van der Waals surface area contributed by atoms with Gasteiger partial charge in [-0.05, 0) is 42.7 Å². The molecule has 0 radical (unpaired) electrons. The van der Waals surface area contributed by atoms with Gasteiger partial charge < -0.3 is 15.4 Å². The van der Waals surface area contributed by atoms with Gasteiger partial charge in [-0.2, -0.15) is 0 Å². The van der Waals surface area contributed by atoms with E-state index in [2.05, 4.69) is 10.6 Å². The van der Waals surface area contributed by atoms with Crippen LogP contribution in [0.4, 0.5) is 5.69 Å². The SMILES string of the molecule is Cc1ccc(NC(=O)C(NC(=O)COc2ccccc2)C(C)C)cc1S(=O)(=O)N(C)C. The van der Waals surface area contributed by atoms with Crippen molar-refractivity contribution in [2.45, 2.75) is 31.7 Å². The first-order valence-corrected chi connectivity index (χ1v) is 11.3. The van der Waals surface area contributed by atoms with Crippen molar-refractivity contribution >= 4 is 27.5 Å². The molecule has 0 aromatic heterocycles. The van der Waals surface area contributed by atoms with Crippen LogP contribution < -0.4 is 15.4 Å². The maximum Gasteiger partial charge on any atom is 0.258 e. The van der Waals surface area contributed by atoms with Gasteiger partial charge in [0.05, 0.1) is 4.90 Å². The van der Waals surface area contributed by atoms with Gasteiger partial charge in [-0.15, -0.1) is 0 Å². The lowest BCUT2D eigenvalue weighted by molar-refractivity contribution is -0.128. The second-order valence-corrected chi connectivity index (χ2v) is 9.77. The van der Waals surface area contributed by atoms with Gasteiger partial charge in [0.25, 0.3) is 5.91 Å². The highest BCUT2D eigenvalue weighted by Gasteiger charge is 2.26. The molecule has 0 bridgehead atoms. The number of rotatable bonds is 9. The Labute approximate surface area is 183 Å². The minimum Gasteiger partial charge on any atom is -0.484 e. The molecule has 0 saturated carbocycles. The Balaban J connectivity index is 2.09. The van der Waals surface area contributed by atoms with E-state index in [1.165, 1.54) is 20.2 Å². The third-order valence-corrected chi connectivity index (χ3v) is 6.55. The van der Waals surface area contributed by atoms with E-state index >= 15 is 0 Å². The average Bonchev–Trinajstić information content (AvgIpc) is 2.72. The third-order valence-electron chi connectivity index (χ3n) is 4.59. The highest BCUT2D eigenvalue weighted by atomic mass is 32.2. The number of ether oxygens (including phenoxy) is 1. The Morgan fingerprint density at radius 1 is 1.06 bits per heavy atom. The maximum absolute atomic E-state index is 12.8. The fourth-order valence-electron chi connectivity index (χ4n) is 2.79. The zero-order chi connectivity index (χ0) is 23.2. The molecule has 1 unspecified atom stereocenters. The Kier molecular flexibility index (Phi) is 8.18. The van der Waals surface area contributed by atoms with Crippen LogP contribution in [0.2, 0.25) is 0 Å². The quantitative estimate of drug-likeness (QED) is 0.614. The molecule has 2 rings (SSSR count). The van der Waals surface area contributed by atoms with Crippen molar-refractivity contribution in [2.24, 2.45) is 5.92 Å². The van der Waals surface area contributed by atoms with Crippen LogP contribution in [0.5, 0.6) is 5.75 Å². The lowest BCUT2D eigenvalue weighted by Crippen LogP contribution is -2.48. The second-order valence-electron chi connectivity index (χ2n) is 7.65. The fourth-order valence-corrected chi connectivity index (χ4v) is 3.93. The molecule has 2 aromatic rings. The second kappa shape index (κ2) is 10.4. The van der Waals surface area contributed by atoms with Gasteiger partial charge >= 0.3 is 0 Å². The standard InChI is InChI=1S/C22H29N3O5S/c1-15(2)21(24-20(26)14-30-18-9-7-6-8-10-18)22(27)23-17-12-11-16(3)19(13-17)31(28,29)25(4)5/h6-13,15,21H,14H2,1-5H3,(H,23,27)(H,24,26). The summed E-state index contributed by atoms with van der Waals surface area (Å²) < 4.78 is 31.6. The van der Waals surface area contributed by atoms with Crippen LogP contribution in [-0.4, -0.2) is 51.3 Å². The summed E-state index contributed by atoms with van der Waals surface area (Å²) in [5.74, 6) is -0.522. The summed E-state index contributed by atoms with van der Waals surface area (Å²) in [6.07, 6.45) is 0. The van der Waals surface area contributed by atoms with Crippen molar-refractivity contribution in [3.8, 4) is 5.75 Å². The summed E-state index contributed by atoms with van der Waals surface area (Å²) in [5.41, 5.74) is 0.898. The van der Waals surface area contributed by atoms with E-state index in [1.807, 2.05) is 6.07 Å². The smallest absolute Gasteiger partial charge is 0.258 e. The van der Waals surface area contributed by atoms with Gasteiger partial charge in [0.15, 0.2) is 6.61 Å². The van der Waals surface area contributed by atoms with E-state index in [1.54, 1.807) is 57.2 Å². The van der Waals surface area contributed by atoms with E-state index < -0.39 is 27.9 Å². The number of benzene rings is 2. The summed E-state index contributed by atoms with van der Waals surface area (Å²) in [6, 6.07) is 12.7. The Hall–Kier alpha value is -2.91. The molecule has 1 atom stereocenters. The van der Waals surface area contributed by atoms with Gasteiger partial charge in [-0.25, -0.2) is 12.7 Å². The van der Waals surface area contributed by atoms with E-state index in [0.717, 1.165) is 4.31 Å².